The van der Waals surface area contributed by atoms with Gasteiger partial charge in [-0.25, -0.2) is 0 Å². The Kier molecular flexibility index (Phi) is 5.86. The van der Waals surface area contributed by atoms with Gasteiger partial charge in [-0.15, -0.1) is 0 Å². The molecule has 30 heavy (non-hydrogen) atoms. The van der Waals surface area contributed by atoms with Gasteiger partial charge in [-0.3, -0.25) is 14.3 Å². The number of carbonyl (C=O) groups excluding carboxylic acids is 2. The third-order valence-corrected chi connectivity index (χ3v) is 5.39. The van der Waals surface area contributed by atoms with Crippen LogP contribution in [-0.4, -0.2) is 33.0 Å². The summed E-state index contributed by atoms with van der Waals surface area (Å²) < 4.78 is 1.65. The monoisotopic (exact) mass is 422 g/mol. The van der Waals surface area contributed by atoms with Crippen molar-refractivity contribution in [2.75, 3.05) is 6.54 Å². The van der Waals surface area contributed by atoms with Crippen LogP contribution in [0.2, 0.25) is 5.02 Å². The third-order valence-electron chi connectivity index (χ3n) is 5.14. The summed E-state index contributed by atoms with van der Waals surface area (Å²) in [4.78, 5) is 27.5. The van der Waals surface area contributed by atoms with Crippen LogP contribution in [0.15, 0.2) is 54.6 Å². The van der Waals surface area contributed by atoms with Gasteiger partial charge in [-0.1, -0.05) is 53.6 Å². The summed E-state index contributed by atoms with van der Waals surface area (Å²) >= 11 is 5.89. The van der Waals surface area contributed by atoms with E-state index in [1.165, 1.54) is 5.56 Å². The molecule has 4 rings (SSSR count). The maximum atomic E-state index is 13.1. The molecule has 0 saturated heterocycles. The van der Waals surface area contributed by atoms with Crippen LogP contribution < -0.4 is 5.32 Å². The molecule has 7 heteroatoms. The molecule has 2 amide bonds. The lowest BCUT2D eigenvalue weighted by Gasteiger charge is -2.20. The van der Waals surface area contributed by atoms with Gasteiger partial charge in [0.05, 0.1) is 0 Å². The van der Waals surface area contributed by atoms with Crippen molar-refractivity contribution in [2.24, 2.45) is 0 Å². The lowest BCUT2D eigenvalue weighted by Crippen LogP contribution is -2.30. The van der Waals surface area contributed by atoms with Crippen LogP contribution in [0.1, 0.15) is 44.1 Å². The molecule has 0 bridgehead atoms. The molecule has 0 fully saturated rings. The van der Waals surface area contributed by atoms with Gasteiger partial charge < -0.3 is 10.2 Å². The van der Waals surface area contributed by atoms with Crippen LogP contribution in [-0.2, 0) is 19.6 Å². The standard InChI is InChI=1S/C23H23ClN4O2/c1-16-4-2-5-18(12-16)15-27-10-3-11-28-21(23(27)30)13-20(26-28)22(29)25-14-17-6-8-19(24)9-7-17/h2,4-9,12-13H,3,10-11,14-15H2,1H3,(H,25,29). The zero-order valence-electron chi connectivity index (χ0n) is 16.8. The summed E-state index contributed by atoms with van der Waals surface area (Å²) in [6, 6.07) is 17.0. The van der Waals surface area contributed by atoms with Gasteiger partial charge in [0.15, 0.2) is 5.69 Å². The quantitative estimate of drug-likeness (QED) is 0.679. The van der Waals surface area contributed by atoms with Gasteiger partial charge in [0.25, 0.3) is 11.8 Å². The number of hydrogen-bond acceptors (Lipinski definition) is 3. The van der Waals surface area contributed by atoms with E-state index in [9.17, 15) is 9.59 Å². The molecule has 1 aliphatic heterocycles. The number of benzene rings is 2. The molecule has 2 heterocycles. The molecular weight excluding hydrogens is 400 g/mol. The van der Waals surface area contributed by atoms with Crippen molar-refractivity contribution in [3.8, 4) is 0 Å². The van der Waals surface area contributed by atoms with E-state index in [1.54, 1.807) is 22.9 Å². The first kappa shape index (κ1) is 20.2. The Morgan fingerprint density at radius 1 is 1.10 bits per heavy atom. The largest absolute Gasteiger partial charge is 0.347 e. The molecule has 3 aromatic rings. The lowest BCUT2D eigenvalue weighted by molar-refractivity contribution is 0.0745. The minimum atomic E-state index is -0.302. The summed E-state index contributed by atoms with van der Waals surface area (Å²) in [6.45, 7) is 4.22. The number of aryl methyl sites for hydroxylation is 2. The molecule has 2 aromatic carbocycles. The van der Waals surface area contributed by atoms with E-state index < -0.39 is 0 Å². The Hall–Kier alpha value is -3.12. The fourth-order valence-corrected chi connectivity index (χ4v) is 3.73. The van der Waals surface area contributed by atoms with Crippen LogP contribution in [0.25, 0.3) is 0 Å². The molecule has 154 valence electrons. The topological polar surface area (TPSA) is 67.2 Å². The second-order valence-electron chi connectivity index (χ2n) is 7.52. The highest BCUT2D eigenvalue weighted by molar-refractivity contribution is 6.30. The fraction of sp³-hybridized carbons (Fsp3) is 0.261. The highest BCUT2D eigenvalue weighted by atomic mass is 35.5. The zero-order valence-corrected chi connectivity index (χ0v) is 17.5. The number of hydrogen-bond donors (Lipinski definition) is 1. The van der Waals surface area contributed by atoms with Crippen molar-refractivity contribution in [1.29, 1.82) is 0 Å². The SMILES string of the molecule is Cc1cccc(CN2CCCn3nc(C(=O)NCc4ccc(Cl)cc4)cc3C2=O)c1. The molecule has 6 nitrogen and oxygen atoms in total. The summed E-state index contributed by atoms with van der Waals surface area (Å²) in [5.74, 6) is -0.401. The summed E-state index contributed by atoms with van der Waals surface area (Å²) in [5.41, 5.74) is 3.91. The van der Waals surface area contributed by atoms with E-state index in [2.05, 4.69) is 16.5 Å². The van der Waals surface area contributed by atoms with Gasteiger partial charge in [0.1, 0.15) is 5.69 Å². The van der Waals surface area contributed by atoms with E-state index in [-0.39, 0.29) is 17.5 Å². The van der Waals surface area contributed by atoms with Gasteiger partial charge in [-0.2, -0.15) is 5.10 Å². The second-order valence-corrected chi connectivity index (χ2v) is 7.95. The first-order valence-corrected chi connectivity index (χ1v) is 10.3. The van der Waals surface area contributed by atoms with Crippen LogP contribution in [0, 0.1) is 6.92 Å². The van der Waals surface area contributed by atoms with Crippen LogP contribution in [0.3, 0.4) is 0 Å². The first-order chi connectivity index (χ1) is 14.5. The third kappa shape index (κ3) is 4.54. The smallest absolute Gasteiger partial charge is 0.272 e. The van der Waals surface area contributed by atoms with E-state index in [4.69, 9.17) is 11.6 Å². The highest BCUT2D eigenvalue weighted by Crippen LogP contribution is 2.17. The van der Waals surface area contributed by atoms with Gasteiger partial charge in [0.2, 0.25) is 0 Å². The molecule has 0 aliphatic carbocycles. The van der Waals surface area contributed by atoms with Gasteiger partial charge >= 0.3 is 0 Å². The summed E-state index contributed by atoms with van der Waals surface area (Å²) in [5, 5.41) is 7.88. The molecule has 0 atom stereocenters. The Bertz CT molecular complexity index is 1080. The van der Waals surface area contributed by atoms with Crippen LogP contribution in [0.4, 0.5) is 0 Å². The molecule has 1 aromatic heterocycles. The molecule has 1 aliphatic rings. The van der Waals surface area contributed by atoms with E-state index >= 15 is 0 Å². The van der Waals surface area contributed by atoms with Gasteiger partial charge in [0, 0.05) is 37.3 Å². The van der Waals surface area contributed by atoms with Crippen LogP contribution >= 0.6 is 11.6 Å². The number of rotatable bonds is 5. The first-order valence-electron chi connectivity index (χ1n) is 9.95. The molecule has 0 radical (unpaired) electrons. The van der Waals surface area contributed by atoms with Crippen molar-refractivity contribution in [1.82, 2.24) is 20.0 Å². The maximum absolute atomic E-state index is 13.1. The van der Waals surface area contributed by atoms with E-state index in [0.29, 0.717) is 36.9 Å². The molecular formula is C23H23ClN4O2. The number of halogens is 1. The van der Waals surface area contributed by atoms with E-state index in [1.807, 2.05) is 42.2 Å². The molecule has 0 unspecified atom stereocenters. The number of nitrogens with one attached hydrogen (secondary N) is 1. The predicted octanol–water partition coefficient (Wildman–Crippen LogP) is 3.82. The predicted molar refractivity (Wildman–Crippen MR) is 115 cm³/mol. The Labute approximate surface area is 180 Å². The zero-order chi connectivity index (χ0) is 21.1. The number of amides is 2. The highest BCUT2D eigenvalue weighted by Gasteiger charge is 2.26. The average Bonchev–Trinajstić information content (AvgIpc) is 3.10. The van der Waals surface area contributed by atoms with Crippen molar-refractivity contribution < 1.29 is 9.59 Å². The minimum Gasteiger partial charge on any atom is -0.347 e. The molecule has 1 N–H and O–H groups in total. The van der Waals surface area contributed by atoms with Crippen LogP contribution in [0.5, 0.6) is 0 Å². The Morgan fingerprint density at radius 3 is 2.67 bits per heavy atom. The minimum absolute atomic E-state index is 0.0988. The molecule has 0 spiro atoms. The summed E-state index contributed by atoms with van der Waals surface area (Å²) in [7, 11) is 0. The normalized spacial score (nSPS) is 13.7. The van der Waals surface area contributed by atoms with Crippen molar-refractivity contribution in [3.05, 3.63) is 87.7 Å². The van der Waals surface area contributed by atoms with Crippen molar-refractivity contribution in [2.45, 2.75) is 33.0 Å². The lowest BCUT2D eigenvalue weighted by atomic mass is 10.1. The second kappa shape index (κ2) is 8.71. The Balaban J connectivity index is 1.46. The molecule has 0 saturated carbocycles. The maximum Gasteiger partial charge on any atom is 0.272 e. The fourth-order valence-electron chi connectivity index (χ4n) is 3.60. The average molecular weight is 423 g/mol. The number of aromatic nitrogens is 2. The van der Waals surface area contributed by atoms with Gasteiger partial charge in [-0.05, 0) is 36.6 Å². The number of fused-ring (bicyclic) bond motifs is 1. The summed E-state index contributed by atoms with van der Waals surface area (Å²) in [6.07, 6.45) is 0.790. The number of carbonyl (C=O) groups is 2. The Morgan fingerprint density at radius 2 is 1.90 bits per heavy atom. The van der Waals surface area contributed by atoms with Crippen molar-refractivity contribution >= 4 is 23.4 Å². The van der Waals surface area contributed by atoms with Crippen molar-refractivity contribution in [3.63, 3.8) is 0 Å². The number of nitrogens with zero attached hydrogens (tertiary/aromatic N) is 3. The van der Waals surface area contributed by atoms with E-state index in [0.717, 1.165) is 17.5 Å².